The van der Waals surface area contributed by atoms with Crippen molar-refractivity contribution in [1.29, 1.82) is 0 Å². The number of rotatable bonds is 7. The number of amides is 1. The molecule has 11 heteroatoms. The van der Waals surface area contributed by atoms with E-state index in [1.807, 2.05) is 0 Å². The van der Waals surface area contributed by atoms with Crippen LogP contribution < -0.4 is 5.32 Å². The first-order chi connectivity index (χ1) is 15.4. The molecule has 1 aromatic heterocycles. The Morgan fingerprint density at radius 3 is 2.62 bits per heavy atom. The molecule has 1 fully saturated rings. The number of benzene rings is 2. The van der Waals surface area contributed by atoms with Gasteiger partial charge in [-0.25, -0.2) is 17.8 Å². The van der Waals surface area contributed by atoms with Gasteiger partial charge in [-0.05, 0) is 42.5 Å². The molecule has 2 aromatic carbocycles. The second kappa shape index (κ2) is 9.82. The highest BCUT2D eigenvalue weighted by Gasteiger charge is 2.26. The average molecular weight is 477 g/mol. The zero-order chi connectivity index (χ0) is 22.6. The molecule has 0 spiro atoms. The van der Waals surface area contributed by atoms with E-state index in [9.17, 15) is 17.6 Å². The van der Waals surface area contributed by atoms with Crippen LogP contribution in [0.4, 0.5) is 10.1 Å². The molecule has 32 heavy (non-hydrogen) atoms. The Kier molecular flexibility index (Phi) is 6.89. The van der Waals surface area contributed by atoms with Crippen LogP contribution in [0.15, 0.2) is 71.0 Å². The van der Waals surface area contributed by atoms with Crippen molar-refractivity contribution in [2.24, 2.45) is 0 Å². The van der Waals surface area contributed by atoms with E-state index in [-0.39, 0.29) is 22.4 Å². The number of aromatic nitrogens is 2. The lowest BCUT2D eigenvalue weighted by atomic mass is 10.3. The fourth-order valence-electron chi connectivity index (χ4n) is 3.19. The molecule has 0 atom stereocenters. The van der Waals surface area contributed by atoms with Gasteiger partial charge in [-0.3, -0.25) is 9.36 Å². The molecular weight excluding hydrogens is 455 g/mol. The highest BCUT2D eigenvalue weighted by atomic mass is 32.2. The third-order valence-electron chi connectivity index (χ3n) is 4.77. The molecule has 1 aliphatic heterocycles. The summed E-state index contributed by atoms with van der Waals surface area (Å²) in [5.74, 6) is -0.545. The average Bonchev–Trinajstić information content (AvgIpc) is 3.27. The van der Waals surface area contributed by atoms with Crippen LogP contribution in [0.2, 0.25) is 0 Å². The van der Waals surface area contributed by atoms with Crippen LogP contribution in [-0.2, 0) is 19.6 Å². The number of nitrogens with one attached hydrogen (secondary N) is 1. The number of hydrogen-bond acceptors (Lipinski definition) is 6. The van der Waals surface area contributed by atoms with Crippen LogP contribution in [-0.4, -0.2) is 60.2 Å². The SMILES string of the molecule is O=C(CSc1nccn1-c1cccc(F)c1)Nc1ccc(S(=O)(=O)N2CCOCC2)cc1. The number of imidazole rings is 1. The van der Waals surface area contributed by atoms with E-state index in [0.717, 1.165) is 0 Å². The van der Waals surface area contributed by atoms with Crippen LogP contribution in [0.1, 0.15) is 0 Å². The number of thioether (sulfide) groups is 1. The second-order valence-electron chi connectivity index (χ2n) is 6.94. The monoisotopic (exact) mass is 476 g/mol. The van der Waals surface area contributed by atoms with Crippen molar-refractivity contribution in [2.75, 3.05) is 37.4 Å². The van der Waals surface area contributed by atoms with E-state index in [0.29, 0.717) is 42.8 Å². The van der Waals surface area contributed by atoms with Gasteiger partial charge in [0, 0.05) is 31.2 Å². The molecule has 0 bridgehead atoms. The molecule has 1 saturated heterocycles. The molecule has 8 nitrogen and oxygen atoms in total. The summed E-state index contributed by atoms with van der Waals surface area (Å²) < 4.78 is 47.1. The standard InChI is InChI=1S/C21H21FN4O4S2/c22-16-2-1-3-18(14-16)26-9-8-23-21(26)31-15-20(27)24-17-4-6-19(7-5-17)32(28,29)25-10-12-30-13-11-25/h1-9,14H,10-13,15H2,(H,24,27). The van der Waals surface area contributed by atoms with Gasteiger partial charge in [0.25, 0.3) is 0 Å². The number of ether oxygens (including phenoxy) is 1. The molecule has 0 aliphatic carbocycles. The number of carbonyl (C=O) groups is 1. The molecule has 4 rings (SSSR count). The molecular formula is C21H21FN4O4S2. The third kappa shape index (κ3) is 5.18. The Bertz CT molecular complexity index is 1190. The summed E-state index contributed by atoms with van der Waals surface area (Å²) in [6.45, 7) is 1.40. The van der Waals surface area contributed by atoms with Gasteiger partial charge in [-0.2, -0.15) is 4.31 Å². The van der Waals surface area contributed by atoms with Crippen molar-refractivity contribution >= 4 is 33.4 Å². The summed E-state index contributed by atoms with van der Waals surface area (Å²) in [6, 6.07) is 12.2. The fourth-order valence-corrected chi connectivity index (χ4v) is 5.37. The minimum Gasteiger partial charge on any atom is -0.379 e. The predicted octanol–water partition coefficient (Wildman–Crippen LogP) is 2.76. The second-order valence-corrected chi connectivity index (χ2v) is 9.82. The largest absolute Gasteiger partial charge is 0.379 e. The quantitative estimate of drug-likeness (QED) is 0.527. The zero-order valence-electron chi connectivity index (χ0n) is 17.0. The molecule has 1 aliphatic rings. The van der Waals surface area contributed by atoms with Crippen LogP contribution in [0.25, 0.3) is 5.69 Å². The summed E-state index contributed by atoms with van der Waals surface area (Å²) in [6.07, 6.45) is 3.28. The normalized spacial score (nSPS) is 14.9. The van der Waals surface area contributed by atoms with Gasteiger partial charge in [-0.1, -0.05) is 17.8 Å². The van der Waals surface area contributed by atoms with E-state index in [1.54, 1.807) is 41.2 Å². The minimum absolute atomic E-state index is 0.0835. The van der Waals surface area contributed by atoms with Gasteiger partial charge >= 0.3 is 0 Å². The Morgan fingerprint density at radius 2 is 1.91 bits per heavy atom. The van der Waals surface area contributed by atoms with Gasteiger partial charge in [0.05, 0.1) is 29.5 Å². The number of halogens is 1. The minimum atomic E-state index is -3.58. The summed E-state index contributed by atoms with van der Waals surface area (Å²) in [5, 5.41) is 3.30. The summed E-state index contributed by atoms with van der Waals surface area (Å²) in [4.78, 5) is 16.8. The summed E-state index contributed by atoms with van der Waals surface area (Å²) in [5.41, 5.74) is 1.10. The Labute approximate surface area is 189 Å². The van der Waals surface area contributed by atoms with Crippen molar-refractivity contribution in [1.82, 2.24) is 13.9 Å². The van der Waals surface area contributed by atoms with Crippen molar-refractivity contribution in [3.63, 3.8) is 0 Å². The van der Waals surface area contributed by atoms with Gasteiger partial charge in [0.15, 0.2) is 5.16 Å². The Balaban J connectivity index is 1.36. The van der Waals surface area contributed by atoms with E-state index in [4.69, 9.17) is 4.74 Å². The van der Waals surface area contributed by atoms with Gasteiger partial charge in [0.1, 0.15) is 5.82 Å². The third-order valence-corrected chi connectivity index (χ3v) is 7.65. The molecule has 2 heterocycles. The van der Waals surface area contributed by atoms with Gasteiger partial charge in [0.2, 0.25) is 15.9 Å². The number of anilines is 1. The molecule has 3 aromatic rings. The maximum absolute atomic E-state index is 13.5. The lowest BCUT2D eigenvalue weighted by Crippen LogP contribution is -2.40. The number of sulfonamides is 1. The number of nitrogens with zero attached hydrogens (tertiary/aromatic N) is 3. The Hall–Kier alpha value is -2.73. The lowest BCUT2D eigenvalue weighted by Gasteiger charge is -2.26. The van der Waals surface area contributed by atoms with E-state index in [1.165, 1.54) is 40.3 Å². The van der Waals surface area contributed by atoms with E-state index < -0.39 is 10.0 Å². The number of carbonyl (C=O) groups excluding carboxylic acids is 1. The molecule has 168 valence electrons. The predicted molar refractivity (Wildman–Crippen MR) is 119 cm³/mol. The van der Waals surface area contributed by atoms with Crippen LogP contribution >= 0.6 is 11.8 Å². The topological polar surface area (TPSA) is 93.5 Å². The molecule has 0 unspecified atom stereocenters. The highest BCUT2D eigenvalue weighted by molar-refractivity contribution is 7.99. The zero-order valence-corrected chi connectivity index (χ0v) is 18.6. The first-order valence-corrected chi connectivity index (χ1v) is 12.3. The lowest BCUT2D eigenvalue weighted by molar-refractivity contribution is -0.113. The van der Waals surface area contributed by atoms with Crippen molar-refractivity contribution in [2.45, 2.75) is 10.1 Å². The first-order valence-electron chi connectivity index (χ1n) is 9.83. The maximum atomic E-state index is 13.5. The van der Waals surface area contributed by atoms with Crippen LogP contribution in [0, 0.1) is 5.82 Å². The van der Waals surface area contributed by atoms with Gasteiger partial charge < -0.3 is 10.1 Å². The molecule has 1 amide bonds. The van der Waals surface area contributed by atoms with Crippen molar-refractivity contribution < 1.29 is 22.3 Å². The molecule has 0 radical (unpaired) electrons. The summed E-state index contributed by atoms with van der Waals surface area (Å²) in [7, 11) is -3.58. The van der Waals surface area contributed by atoms with Gasteiger partial charge in [-0.15, -0.1) is 0 Å². The number of morpholine rings is 1. The van der Waals surface area contributed by atoms with Crippen LogP contribution in [0.5, 0.6) is 0 Å². The summed E-state index contributed by atoms with van der Waals surface area (Å²) >= 11 is 1.21. The fraction of sp³-hybridized carbons (Fsp3) is 0.238. The molecule has 0 saturated carbocycles. The Morgan fingerprint density at radius 1 is 1.16 bits per heavy atom. The van der Waals surface area contributed by atoms with E-state index >= 15 is 0 Å². The highest BCUT2D eigenvalue weighted by Crippen LogP contribution is 2.22. The molecule has 1 N–H and O–H groups in total. The smallest absolute Gasteiger partial charge is 0.243 e. The van der Waals surface area contributed by atoms with Crippen molar-refractivity contribution in [3.8, 4) is 5.69 Å². The number of hydrogen-bond donors (Lipinski definition) is 1. The van der Waals surface area contributed by atoms with Crippen molar-refractivity contribution in [3.05, 3.63) is 66.7 Å². The van der Waals surface area contributed by atoms with Crippen LogP contribution in [0.3, 0.4) is 0 Å². The maximum Gasteiger partial charge on any atom is 0.243 e. The first kappa shape index (κ1) is 22.5. The van der Waals surface area contributed by atoms with E-state index in [2.05, 4.69) is 10.3 Å².